The molecule has 0 radical (unpaired) electrons. The molecule has 22 heavy (non-hydrogen) atoms. The Morgan fingerprint density at radius 2 is 2.00 bits per heavy atom. The molecule has 0 spiro atoms. The van der Waals surface area contributed by atoms with Crippen LogP contribution >= 0.6 is 24.2 Å². The summed E-state index contributed by atoms with van der Waals surface area (Å²) in [7, 11) is 0. The molecule has 2 amide bonds. The summed E-state index contributed by atoms with van der Waals surface area (Å²) < 4.78 is 0. The smallest absolute Gasteiger partial charge is 0.244 e. The molecule has 1 aromatic rings. The van der Waals surface area contributed by atoms with Gasteiger partial charge in [-0.05, 0) is 31.0 Å². The third kappa shape index (κ3) is 3.56. The zero-order valence-electron chi connectivity index (χ0n) is 12.2. The maximum atomic E-state index is 12.4. The van der Waals surface area contributed by atoms with E-state index in [9.17, 15) is 9.59 Å². The monoisotopic (exact) mass is 341 g/mol. The first-order valence-corrected chi connectivity index (χ1v) is 8.22. The van der Waals surface area contributed by atoms with Crippen molar-refractivity contribution >= 4 is 47.4 Å². The number of benzene rings is 1. The molecule has 2 aliphatic rings. The Morgan fingerprint density at radius 1 is 1.27 bits per heavy atom. The van der Waals surface area contributed by atoms with Gasteiger partial charge in [0.1, 0.15) is 0 Å². The molecule has 0 atom stereocenters. The normalized spacial score (nSPS) is 19.4. The number of fused-ring (bicyclic) bond motifs is 1. The molecule has 4 N–H and O–H groups in total. The van der Waals surface area contributed by atoms with Crippen LogP contribution in [-0.4, -0.2) is 23.1 Å². The predicted molar refractivity (Wildman–Crippen MR) is 91.7 cm³/mol. The molecule has 7 heteroatoms. The van der Waals surface area contributed by atoms with Crippen LogP contribution in [0.1, 0.15) is 32.1 Å². The summed E-state index contributed by atoms with van der Waals surface area (Å²) in [6.07, 6.45) is 4.61. The number of hydrogen-bond donors (Lipinski definition) is 3. The number of nitrogens with one attached hydrogen (secondary N) is 2. The molecule has 1 aliphatic heterocycles. The molecule has 0 aromatic heterocycles. The van der Waals surface area contributed by atoms with Crippen LogP contribution in [0.2, 0.25) is 0 Å². The first kappa shape index (κ1) is 17.1. The fraction of sp³-hybridized carbons (Fsp3) is 0.467. The summed E-state index contributed by atoms with van der Waals surface area (Å²) in [5.41, 5.74) is 6.90. The SMILES string of the molecule is Cl.NC1(C(=O)Nc2ccc3c(c2)NC(=O)CS3)CCCCC1. The number of hydrogen-bond acceptors (Lipinski definition) is 4. The summed E-state index contributed by atoms with van der Waals surface area (Å²) in [6, 6.07) is 5.57. The summed E-state index contributed by atoms with van der Waals surface area (Å²) in [5.74, 6) is 0.292. The lowest BCUT2D eigenvalue weighted by Crippen LogP contribution is -2.52. The van der Waals surface area contributed by atoms with Crippen LogP contribution in [0.3, 0.4) is 0 Å². The highest BCUT2D eigenvalue weighted by Gasteiger charge is 2.35. The predicted octanol–water partition coefficient (Wildman–Crippen LogP) is 2.75. The molecule has 1 fully saturated rings. The minimum Gasteiger partial charge on any atom is -0.324 e. The Labute approximate surface area is 140 Å². The molecule has 1 aromatic carbocycles. The highest BCUT2D eigenvalue weighted by atomic mass is 35.5. The van der Waals surface area contributed by atoms with E-state index >= 15 is 0 Å². The number of amides is 2. The van der Waals surface area contributed by atoms with Gasteiger partial charge in [-0.25, -0.2) is 0 Å². The van der Waals surface area contributed by atoms with Gasteiger partial charge in [0, 0.05) is 10.6 Å². The molecule has 0 saturated heterocycles. The Bertz CT molecular complexity index is 588. The van der Waals surface area contributed by atoms with Crippen molar-refractivity contribution < 1.29 is 9.59 Å². The number of thioether (sulfide) groups is 1. The minimum absolute atomic E-state index is 0. The molecule has 1 saturated carbocycles. The summed E-state index contributed by atoms with van der Waals surface area (Å²) >= 11 is 1.50. The van der Waals surface area contributed by atoms with E-state index in [1.807, 2.05) is 12.1 Å². The first-order valence-electron chi connectivity index (χ1n) is 7.24. The number of nitrogens with two attached hydrogens (primary N) is 1. The number of anilines is 2. The third-order valence-electron chi connectivity index (χ3n) is 4.07. The van der Waals surface area contributed by atoms with Gasteiger partial charge < -0.3 is 16.4 Å². The number of carbonyl (C=O) groups excluding carboxylic acids is 2. The van der Waals surface area contributed by atoms with Crippen molar-refractivity contribution in [2.24, 2.45) is 5.73 Å². The van der Waals surface area contributed by atoms with Crippen LogP contribution in [-0.2, 0) is 9.59 Å². The maximum Gasteiger partial charge on any atom is 0.244 e. The van der Waals surface area contributed by atoms with Crippen molar-refractivity contribution in [1.29, 1.82) is 0 Å². The van der Waals surface area contributed by atoms with Crippen molar-refractivity contribution in [1.82, 2.24) is 0 Å². The topological polar surface area (TPSA) is 84.2 Å². The number of carbonyl (C=O) groups is 2. The van der Waals surface area contributed by atoms with Crippen LogP contribution < -0.4 is 16.4 Å². The second-order valence-electron chi connectivity index (χ2n) is 5.72. The van der Waals surface area contributed by atoms with Gasteiger partial charge in [0.15, 0.2) is 0 Å². The van der Waals surface area contributed by atoms with Gasteiger partial charge in [-0.1, -0.05) is 19.3 Å². The van der Waals surface area contributed by atoms with E-state index in [-0.39, 0.29) is 24.2 Å². The highest BCUT2D eigenvalue weighted by Crippen LogP contribution is 2.34. The van der Waals surface area contributed by atoms with Gasteiger partial charge in [-0.15, -0.1) is 24.2 Å². The Morgan fingerprint density at radius 3 is 2.73 bits per heavy atom. The van der Waals surface area contributed by atoms with E-state index in [2.05, 4.69) is 10.6 Å². The van der Waals surface area contributed by atoms with Crippen molar-refractivity contribution in [2.45, 2.75) is 42.5 Å². The summed E-state index contributed by atoms with van der Waals surface area (Å²) in [4.78, 5) is 24.8. The Hall–Kier alpha value is -1.24. The van der Waals surface area contributed by atoms with Gasteiger partial charge in [0.25, 0.3) is 0 Å². The number of halogens is 1. The average Bonchev–Trinajstić information content (AvgIpc) is 2.47. The van der Waals surface area contributed by atoms with Gasteiger partial charge >= 0.3 is 0 Å². The highest BCUT2D eigenvalue weighted by molar-refractivity contribution is 8.00. The van der Waals surface area contributed by atoms with E-state index in [1.54, 1.807) is 6.07 Å². The van der Waals surface area contributed by atoms with Crippen molar-refractivity contribution in [3.05, 3.63) is 18.2 Å². The molecular weight excluding hydrogens is 322 g/mol. The zero-order valence-corrected chi connectivity index (χ0v) is 13.8. The van der Waals surface area contributed by atoms with Crippen molar-refractivity contribution in [3.8, 4) is 0 Å². The quantitative estimate of drug-likeness (QED) is 0.772. The third-order valence-corrected chi connectivity index (χ3v) is 5.14. The summed E-state index contributed by atoms with van der Waals surface area (Å²) in [5, 5.41) is 5.71. The second kappa shape index (κ2) is 6.89. The fourth-order valence-corrected chi connectivity index (χ4v) is 3.61. The van der Waals surface area contributed by atoms with E-state index in [4.69, 9.17) is 5.73 Å². The van der Waals surface area contributed by atoms with Crippen molar-refractivity contribution in [2.75, 3.05) is 16.4 Å². The molecular formula is C15H20ClN3O2S. The standard InChI is InChI=1S/C15H19N3O2S.ClH/c16-15(6-2-1-3-7-15)14(20)17-10-4-5-12-11(8-10)18-13(19)9-21-12;/h4-5,8H,1-3,6-7,9,16H2,(H,17,20)(H,18,19);1H. The van der Waals surface area contributed by atoms with E-state index in [0.29, 0.717) is 11.4 Å². The van der Waals surface area contributed by atoms with Gasteiger partial charge in [-0.3, -0.25) is 9.59 Å². The van der Waals surface area contributed by atoms with Gasteiger partial charge in [-0.2, -0.15) is 0 Å². The van der Waals surface area contributed by atoms with Gasteiger partial charge in [0.05, 0.1) is 17.0 Å². The molecule has 5 nitrogen and oxygen atoms in total. The largest absolute Gasteiger partial charge is 0.324 e. The van der Waals surface area contributed by atoms with Crippen LogP contribution in [0.15, 0.2) is 23.1 Å². The van der Waals surface area contributed by atoms with Crippen LogP contribution in [0.25, 0.3) is 0 Å². The molecule has 1 heterocycles. The first-order chi connectivity index (χ1) is 10.1. The second-order valence-corrected chi connectivity index (χ2v) is 6.74. The lowest BCUT2D eigenvalue weighted by atomic mass is 9.82. The van der Waals surface area contributed by atoms with Crippen molar-refractivity contribution in [3.63, 3.8) is 0 Å². The summed E-state index contributed by atoms with van der Waals surface area (Å²) in [6.45, 7) is 0. The molecule has 3 rings (SSSR count). The van der Waals surface area contributed by atoms with E-state index in [0.717, 1.165) is 42.7 Å². The van der Waals surface area contributed by atoms with Gasteiger partial charge in [0.2, 0.25) is 11.8 Å². The minimum atomic E-state index is -0.758. The Kier molecular flexibility index (Phi) is 5.36. The molecule has 0 unspecified atom stereocenters. The van der Waals surface area contributed by atoms with E-state index in [1.165, 1.54) is 11.8 Å². The number of rotatable bonds is 2. The van der Waals surface area contributed by atoms with Crippen LogP contribution in [0.5, 0.6) is 0 Å². The lowest BCUT2D eigenvalue weighted by Gasteiger charge is -2.31. The van der Waals surface area contributed by atoms with Crippen LogP contribution in [0.4, 0.5) is 11.4 Å². The molecule has 0 bridgehead atoms. The van der Waals surface area contributed by atoms with E-state index < -0.39 is 5.54 Å². The average molecular weight is 342 g/mol. The van der Waals surface area contributed by atoms with Crippen LogP contribution in [0, 0.1) is 0 Å². The molecule has 120 valence electrons. The lowest BCUT2D eigenvalue weighted by molar-refractivity contribution is -0.122. The Balaban J connectivity index is 0.00000176. The maximum absolute atomic E-state index is 12.4. The zero-order chi connectivity index (χ0) is 14.9. The fourth-order valence-electron chi connectivity index (χ4n) is 2.83. The molecule has 1 aliphatic carbocycles.